The molecule has 0 fully saturated rings. The third kappa shape index (κ3) is 8.74. The quantitative estimate of drug-likeness (QED) is 0.228. The molecule has 3 N–H and O–H groups in total. The van der Waals surface area contributed by atoms with Crippen LogP contribution in [0.2, 0.25) is 0 Å². The molecular formula is C19H36IN7O. The summed E-state index contributed by atoms with van der Waals surface area (Å²) in [6.45, 7) is 10.6. The van der Waals surface area contributed by atoms with Crippen LogP contribution in [0.5, 0.6) is 0 Å². The number of rotatable bonds is 7. The average molecular weight is 505 g/mol. The van der Waals surface area contributed by atoms with Crippen LogP contribution in [-0.4, -0.2) is 51.8 Å². The molecule has 8 nitrogen and oxygen atoms in total. The summed E-state index contributed by atoms with van der Waals surface area (Å²) in [4.78, 5) is 16.3. The van der Waals surface area contributed by atoms with Gasteiger partial charge in [0.15, 0.2) is 5.96 Å². The van der Waals surface area contributed by atoms with Gasteiger partial charge in [0.1, 0.15) is 18.2 Å². The highest BCUT2D eigenvalue weighted by atomic mass is 127. The number of nitrogens with one attached hydrogen (secondary N) is 3. The number of hydrogen-bond donors (Lipinski definition) is 3. The second kappa shape index (κ2) is 12.2. The number of nitrogens with zero attached hydrogens (tertiary/aromatic N) is 4. The number of carbonyl (C=O) groups is 1. The van der Waals surface area contributed by atoms with Crippen LogP contribution >= 0.6 is 24.0 Å². The Morgan fingerprint density at radius 1 is 1.18 bits per heavy atom. The van der Waals surface area contributed by atoms with Crippen molar-refractivity contribution >= 4 is 35.8 Å². The third-order valence-corrected chi connectivity index (χ3v) is 4.30. The molecule has 0 bridgehead atoms. The van der Waals surface area contributed by atoms with Crippen molar-refractivity contribution in [1.29, 1.82) is 0 Å². The zero-order valence-corrected chi connectivity index (χ0v) is 20.0. The molecule has 0 saturated carbocycles. The summed E-state index contributed by atoms with van der Waals surface area (Å²) >= 11 is 0. The average Bonchev–Trinajstić information content (AvgIpc) is 2.81. The minimum absolute atomic E-state index is 0. The molecule has 160 valence electrons. The van der Waals surface area contributed by atoms with Crippen molar-refractivity contribution in [2.24, 2.45) is 4.99 Å². The van der Waals surface area contributed by atoms with E-state index in [-0.39, 0.29) is 42.0 Å². The molecule has 9 heteroatoms. The van der Waals surface area contributed by atoms with Gasteiger partial charge in [0.2, 0.25) is 5.91 Å². The summed E-state index contributed by atoms with van der Waals surface area (Å²) < 4.78 is 2.29. The van der Waals surface area contributed by atoms with Crippen molar-refractivity contribution < 1.29 is 4.79 Å². The summed E-state index contributed by atoms with van der Waals surface area (Å²) in [6.07, 6.45) is 6.57. The molecule has 0 aromatic carbocycles. The highest BCUT2D eigenvalue weighted by Crippen LogP contribution is 2.15. The SMILES string of the molecule is CCNC(=NCC(=O)NC(C)(C)C)NCCCc1nnc2n1CCCCC2.I. The van der Waals surface area contributed by atoms with Crippen molar-refractivity contribution in [1.82, 2.24) is 30.7 Å². The summed E-state index contributed by atoms with van der Waals surface area (Å²) in [5, 5.41) is 18.1. The number of guanidine groups is 1. The van der Waals surface area contributed by atoms with Gasteiger partial charge in [-0.25, -0.2) is 4.99 Å². The van der Waals surface area contributed by atoms with Gasteiger partial charge in [0.25, 0.3) is 0 Å². The van der Waals surface area contributed by atoms with Gasteiger partial charge in [-0.1, -0.05) is 6.42 Å². The van der Waals surface area contributed by atoms with E-state index in [2.05, 4.69) is 35.7 Å². The van der Waals surface area contributed by atoms with E-state index >= 15 is 0 Å². The van der Waals surface area contributed by atoms with E-state index in [1.165, 1.54) is 19.3 Å². The van der Waals surface area contributed by atoms with E-state index in [1.807, 2.05) is 27.7 Å². The summed E-state index contributed by atoms with van der Waals surface area (Å²) in [7, 11) is 0. The Bertz CT molecular complexity index is 637. The fourth-order valence-corrected chi connectivity index (χ4v) is 3.13. The molecule has 1 aromatic rings. The zero-order valence-electron chi connectivity index (χ0n) is 17.7. The Hall–Kier alpha value is -1.39. The number of amides is 1. The fourth-order valence-electron chi connectivity index (χ4n) is 3.13. The highest BCUT2D eigenvalue weighted by Gasteiger charge is 2.15. The standard InChI is InChI=1S/C19H35N7O.HI/c1-5-20-18(22-14-17(27)23-19(2,3)4)21-12-9-11-16-25-24-15-10-7-6-8-13-26(15)16;/h5-14H2,1-4H3,(H,23,27)(H2,20,21,22);1H. The Morgan fingerprint density at radius 3 is 2.68 bits per heavy atom. The van der Waals surface area contributed by atoms with Crippen LogP contribution in [0.4, 0.5) is 0 Å². The first-order valence-corrected chi connectivity index (χ1v) is 10.1. The lowest BCUT2D eigenvalue weighted by molar-refractivity contribution is -0.121. The zero-order chi connectivity index (χ0) is 19.7. The van der Waals surface area contributed by atoms with Crippen LogP contribution < -0.4 is 16.0 Å². The minimum Gasteiger partial charge on any atom is -0.357 e. The molecule has 2 heterocycles. The first-order valence-electron chi connectivity index (χ1n) is 10.1. The van der Waals surface area contributed by atoms with Gasteiger partial charge < -0.3 is 20.5 Å². The van der Waals surface area contributed by atoms with Gasteiger partial charge in [0.05, 0.1) is 0 Å². The predicted molar refractivity (Wildman–Crippen MR) is 123 cm³/mol. The summed E-state index contributed by atoms with van der Waals surface area (Å²) in [5.74, 6) is 2.81. The number of carbonyl (C=O) groups excluding carboxylic acids is 1. The molecule has 0 aliphatic carbocycles. The smallest absolute Gasteiger partial charge is 0.242 e. The monoisotopic (exact) mass is 505 g/mol. The van der Waals surface area contributed by atoms with Gasteiger partial charge in [-0.3, -0.25) is 4.79 Å². The molecule has 2 rings (SSSR count). The van der Waals surface area contributed by atoms with Crippen LogP contribution in [0.25, 0.3) is 0 Å². The van der Waals surface area contributed by atoms with Crippen molar-refractivity contribution in [3.63, 3.8) is 0 Å². The van der Waals surface area contributed by atoms with Crippen molar-refractivity contribution in [2.45, 2.75) is 78.3 Å². The maximum atomic E-state index is 11.9. The predicted octanol–water partition coefficient (Wildman–Crippen LogP) is 2.02. The lowest BCUT2D eigenvalue weighted by Gasteiger charge is -2.20. The van der Waals surface area contributed by atoms with Crippen LogP contribution in [-0.2, 0) is 24.2 Å². The highest BCUT2D eigenvalue weighted by molar-refractivity contribution is 14.0. The van der Waals surface area contributed by atoms with E-state index in [9.17, 15) is 4.79 Å². The molecule has 1 aromatic heterocycles. The lowest BCUT2D eigenvalue weighted by atomic mass is 10.1. The van der Waals surface area contributed by atoms with E-state index < -0.39 is 0 Å². The molecular weight excluding hydrogens is 469 g/mol. The molecule has 0 spiro atoms. The largest absolute Gasteiger partial charge is 0.357 e. The molecule has 0 atom stereocenters. The summed E-state index contributed by atoms with van der Waals surface area (Å²) in [5.41, 5.74) is -0.241. The van der Waals surface area contributed by atoms with E-state index in [1.54, 1.807) is 0 Å². The van der Waals surface area contributed by atoms with E-state index in [0.717, 1.165) is 50.5 Å². The second-order valence-corrected chi connectivity index (χ2v) is 8.02. The van der Waals surface area contributed by atoms with Crippen molar-refractivity contribution in [3.8, 4) is 0 Å². The van der Waals surface area contributed by atoms with Gasteiger partial charge in [-0.05, 0) is 47.0 Å². The number of fused-ring (bicyclic) bond motifs is 1. The number of aromatic nitrogens is 3. The molecule has 1 amide bonds. The Balaban J connectivity index is 0.00000392. The maximum absolute atomic E-state index is 11.9. The summed E-state index contributed by atoms with van der Waals surface area (Å²) in [6, 6.07) is 0. The topological polar surface area (TPSA) is 96.2 Å². The minimum atomic E-state index is -0.241. The van der Waals surface area contributed by atoms with E-state index in [0.29, 0.717) is 5.96 Å². The molecule has 0 radical (unpaired) electrons. The van der Waals surface area contributed by atoms with Gasteiger partial charge in [0, 0.05) is 38.0 Å². The maximum Gasteiger partial charge on any atom is 0.242 e. The Morgan fingerprint density at radius 2 is 1.96 bits per heavy atom. The number of halogens is 1. The fraction of sp³-hybridized carbons (Fsp3) is 0.789. The van der Waals surface area contributed by atoms with Gasteiger partial charge in [-0.15, -0.1) is 34.2 Å². The number of hydrogen-bond acceptors (Lipinski definition) is 4. The molecule has 0 saturated heterocycles. The third-order valence-electron chi connectivity index (χ3n) is 4.30. The Kier molecular flexibility index (Phi) is 10.8. The molecule has 1 aliphatic rings. The van der Waals surface area contributed by atoms with Crippen LogP contribution in [0.3, 0.4) is 0 Å². The van der Waals surface area contributed by atoms with Crippen LogP contribution in [0.15, 0.2) is 4.99 Å². The van der Waals surface area contributed by atoms with Gasteiger partial charge >= 0.3 is 0 Å². The molecule has 0 unspecified atom stereocenters. The van der Waals surface area contributed by atoms with Crippen LogP contribution in [0, 0.1) is 0 Å². The first kappa shape index (κ1) is 24.6. The number of aliphatic imine (C=N–C) groups is 1. The lowest BCUT2D eigenvalue weighted by Crippen LogP contribution is -2.43. The van der Waals surface area contributed by atoms with Gasteiger partial charge in [-0.2, -0.15) is 0 Å². The second-order valence-electron chi connectivity index (χ2n) is 8.02. The van der Waals surface area contributed by atoms with Crippen molar-refractivity contribution in [3.05, 3.63) is 11.6 Å². The first-order chi connectivity index (χ1) is 12.9. The van der Waals surface area contributed by atoms with Crippen LogP contribution in [0.1, 0.15) is 65.0 Å². The van der Waals surface area contributed by atoms with E-state index in [4.69, 9.17) is 0 Å². The number of aryl methyl sites for hydroxylation is 2. The van der Waals surface area contributed by atoms with Crippen molar-refractivity contribution in [2.75, 3.05) is 19.6 Å². The molecule has 1 aliphatic heterocycles. The molecule has 28 heavy (non-hydrogen) atoms. The normalized spacial score (nSPS) is 14.5. The Labute approximate surface area is 185 Å².